The van der Waals surface area contributed by atoms with Crippen LogP contribution in [0.2, 0.25) is 0 Å². The van der Waals surface area contributed by atoms with E-state index in [9.17, 15) is 4.79 Å². The summed E-state index contributed by atoms with van der Waals surface area (Å²) in [6.45, 7) is 2.01. The van der Waals surface area contributed by atoms with Crippen LogP contribution < -0.4 is 10.1 Å². The smallest absolute Gasteiger partial charge is 0.307 e. The van der Waals surface area contributed by atoms with E-state index < -0.39 is 5.97 Å². The maximum Gasteiger partial charge on any atom is 0.307 e. The number of fused-ring (bicyclic) bond motifs is 1. The lowest BCUT2D eigenvalue weighted by Crippen LogP contribution is -2.06. The van der Waals surface area contributed by atoms with Crippen molar-refractivity contribution in [3.05, 3.63) is 78.0 Å². The molecule has 1 unspecified atom stereocenters. The molecular formula is C23H21N5O3. The second-order valence-electron chi connectivity index (χ2n) is 7.08. The Balaban J connectivity index is 1.49. The van der Waals surface area contributed by atoms with Gasteiger partial charge in [-0.3, -0.25) is 4.79 Å². The van der Waals surface area contributed by atoms with Crippen molar-refractivity contribution in [1.29, 1.82) is 0 Å². The number of hydrogen-bond acceptors (Lipinski definition) is 7. The fraction of sp³-hybridized carbons (Fsp3) is 0.174. The highest BCUT2D eigenvalue weighted by molar-refractivity contribution is 5.84. The van der Waals surface area contributed by atoms with E-state index in [1.54, 1.807) is 25.7 Å². The van der Waals surface area contributed by atoms with Gasteiger partial charge in [-0.25, -0.2) is 19.9 Å². The first kappa shape index (κ1) is 20.2. The second kappa shape index (κ2) is 8.74. The number of benzene rings is 1. The summed E-state index contributed by atoms with van der Waals surface area (Å²) in [7, 11) is 1.58. The Morgan fingerprint density at radius 3 is 2.48 bits per heavy atom. The molecule has 31 heavy (non-hydrogen) atoms. The molecule has 8 nitrogen and oxygen atoms in total. The van der Waals surface area contributed by atoms with Crippen molar-refractivity contribution in [3.8, 4) is 5.88 Å². The lowest BCUT2D eigenvalue weighted by atomic mass is 10.00. The summed E-state index contributed by atoms with van der Waals surface area (Å²) in [6, 6.07) is 13.7. The molecule has 0 fully saturated rings. The number of ether oxygens (including phenoxy) is 1. The topological polar surface area (TPSA) is 110 Å². The van der Waals surface area contributed by atoms with Gasteiger partial charge >= 0.3 is 5.97 Å². The average Bonchev–Trinajstić information content (AvgIpc) is 2.79. The van der Waals surface area contributed by atoms with E-state index in [0.717, 1.165) is 16.6 Å². The predicted molar refractivity (Wildman–Crippen MR) is 117 cm³/mol. The highest BCUT2D eigenvalue weighted by Crippen LogP contribution is 2.26. The first-order chi connectivity index (χ1) is 15.0. The lowest BCUT2D eigenvalue weighted by molar-refractivity contribution is -0.136. The van der Waals surface area contributed by atoms with Crippen molar-refractivity contribution in [2.24, 2.45) is 0 Å². The molecule has 156 valence electrons. The molecule has 1 atom stereocenters. The van der Waals surface area contributed by atoms with E-state index in [-0.39, 0.29) is 12.3 Å². The third-order valence-corrected chi connectivity index (χ3v) is 4.92. The van der Waals surface area contributed by atoms with Gasteiger partial charge in [0.15, 0.2) is 0 Å². The molecule has 8 heteroatoms. The maximum absolute atomic E-state index is 10.8. The number of pyridine rings is 2. The number of anilines is 2. The molecule has 1 aromatic carbocycles. The van der Waals surface area contributed by atoms with Crippen LogP contribution in [0.1, 0.15) is 29.8 Å². The predicted octanol–water partition coefficient (Wildman–Crippen LogP) is 3.95. The summed E-state index contributed by atoms with van der Waals surface area (Å²) in [5.41, 5.74) is 3.22. The van der Waals surface area contributed by atoms with Crippen molar-refractivity contribution in [3.63, 3.8) is 0 Å². The summed E-state index contributed by atoms with van der Waals surface area (Å²) in [6.07, 6.45) is 4.74. The van der Waals surface area contributed by atoms with Crippen LogP contribution in [0.5, 0.6) is 5.88 Å². The van der Waals surface area contributed by atoms with E-state index in [2.05, 4.69) is 25.3 Å². The first-order valence-corrected chi connectivity index (χ1v) is 9.73. The third-order valence-electron chi connectivity index (χ3n) is 4.92. The van der Waals surface area contributed by atoms with E-state index in [1.165, 1.54) is 0 Å². The van der Waals surface area contributed by atoms with Gasteiger partial charge in [-0.2, -0.15) is 0 Å². The van der Waals surface area contributed by atoms with Crippen LogP contribution in [-0.2, 0) is 11.2 Å². The number of carboxylic acid groups (broad SMARTS) is 1. The van der Waals surface area contributed by atoms with Gasteiger partial charge in [-0.15, -0.1) is 0 Å². The quantitative estimate of drug-likeness (QED) is 0.467. The average molecular weight is 415 g/mol. The zero-order valence-electron chi connectivity index (χ0n) is 17.1. The number of nitrogens with zero attached hydrogens (tertiary/aromatic N) is 4. The fourth-order valence-electron chi connectivity index (χ4n) is 3.25. The van der Waals surface area contributed by atoms with Gasteiger partial charge in [-0.1, -0.05) is 19.1 Å². The molecule has 0 saturated heterocycles. The zero-order valence-corrected chi connectivity index (χ0v) is 17.1. The van der Waals surface area contributed by atoms with Gasteiger partial charge in [0, 0.05) is 35.6 Å². The van der Waals surface area contributed by atoms with Gasteiger partial charge in [0.2, 0.25) is 5.88 Å². The van der Waals surface area contributed by atoms with Crippen molar-refractivity contribution in [2.75, 3.05) is 12.4 Å². The van der Waals surface area contributed by atoms with Gasteiger partial charge < -0.3 is 15.2 Å². The summed E-state index contributed by atoms with van der Waals surface area (Å²) in [5, 5.41) is 13.1. The number of rotatable bonds is 7. The number of methoxy groups -OCH3 is 1. The monoisotopic (exact) mass is 415 g/mol. The van der Waals surface area contributed by atoms with Crippen LogP contribution in [0.4, 0.5) is 11.5 Å². The van der Waals surface area contributed by atoms with Gasteiger partial charge in [-0.05, 0) is 41.5 Å². The molecule has 0 amide bonds. The molecule has 3 aromatic heterocycles. The van der Waals surface area contributed by atoms with Crippen molar-refractivity contribution in [1.82, 2.24) is 19.9 Å². The Morgan fingerprint density at radius 1 is 1.06 bits per heavy atom. The number of nitrogens with one attached hydrogen (secondary N) is 1. The minimum atomic E-state index is -0.900. The van der Waals surface area contributed by atoms with Gasteiger partial charge in [0.25, 0.3) is 0 Å². The Labute approximate surface area is 179 Å². The summed E-state index contributed by atoms with van der Waals surface area (Å²) in [4.78, 5) is 28.3. The summed E-state index contributed by atoms with van der Waals surface area (Å²) < 4.78 is 5.30. The molecule has 4 aromatic rings. The number of hydrogen-bond donors (Lipinski definition) is 2. The Bertz CT molecular complexity index is 1210. The van der Waals surface area contributed by atoms with E-state index >= 15 is 0 Å². The van der Waals surface area contributed by atoms with Crippen LogP contribution in [0.25, 0.3) is 10.9 Å². The molecule has 0 saturated carbocycles. The summed E-state index contributed by atoms with van der Waals surface area (Å²) >= 11 is 0. The first-order valence-electron chi connectivity index (χ1n) is 9.73. The third kappa shape index (κ3) is 4.58. The van der Waals surface area contributed by atoms with Crippen molar-refractivity contribution >= 4 is 28.4 Å². The van der Waals surface area contributed by atoms with Crippen LogP contribution in [-0.4, -0.2) is 38.1 Å². The molecule has 0 radical (unpaired) electrons. The van der Waals surface area contributed by atoms with Crippen LogP contribution in [0, 0.1) is 0 Å². The Hall–Kier alpha value is -4.07. The minimum Gasteiger partial charge on any atom is -0.481 e. The molecule has 2 N–H and O–H groups in total. The van der Waals surface area contributed by atoms with E-state index in [0.29, 0.717) is 28.6 Å². The molecule has 0 aliphatic carbocycles. The number of aliphatic carboxylic acids is 1. The van der Waals surface area contributed by atoms with Crippen LogP contribution in [0.3, 0.4) is 0 Å². The zero-order chi connectivity index (χ0) is 21.8. The van der Waals surface area contributed by atoms with Crippen LogP contribution in [0.15, 0.2) is 61.1 Å². The maximum atomic E-state index is 10.8. The molecule has 0 aliphatic heterocycles. The Morgan fingerprint density at radius 2 is 1.81 bits per heavy atom. The highest BCUT2D eigenvalue weighted by Gasteiger charge is 2.12. The largest absolute Gasteiger partial charge is 0.481 e. The fourth-order valence-corrected chi connectivity index (χ4v) is 3.25. The standard InChI is InChI=1S/C23H21N5O3/c1-14(22-25-12-15(13-26-22)11-20(29)30)16-3-6-18(7-4-16)27-19-8-5-17-9-10-24-23(31-2)21(17)28-19/h3-10,12-14H,11H2,1-2H3,(H,27,28)(H,29,30). The summed E-state index contributed by atoms with van der Waals surface area (Å²) in [5.74, 6) is 0.896. The van der Waals surface area contributed by atoms with Crippen molar-refractivity contribution in [2.45, 2.75) is 19.3 Å². The molecular weight excluding hydrogens is 394 g/mol. The molecule has 0 spiro atoms. The van der Waals surface area contributed by atoms with E-state index in [1.807, 2.05) is 49.4 Å². The number of aromatic nitrogens is 4. The van der Waals surface area contributed by atoms with E-state index in [4.69, 9.17) is 9.84 Å². The second-order valence-corrected chi connectivity index (χ2v) is 7.08. The molecule has 0 aliphatic rings. The van der Waals surface area contributed by atoms with Gasteiger partial charge in [0.1, 0.15) is 17.2 Å². The molecule has 3 heterocycles. The van der Waals surface area contributed by atoms with Crippen LogP contribution >= 0.6 is 0 Å². The normalized spacial score (nSPS) is 11.8. The SMILES string of the molecule is COc1nccc2ccc(Nc3ccc(C(C)c4ncc(CC(=O)O)cn4)cc3)nc12. The number of carbonyl (C=O) groups is 1. The van der Waals surface area contributed by atoms with Gasteiger partial charge in [0.05, 0.1) is 13.5 Å². The lowest BCUT2D eigenvalue weighted by Gasteiger charge is -2.13. The Kier molecular flexibility index (Phi) is 5.70. The van der Waals surface area contributed by atoms with Crippen molar-refractivity contribution < 1.29 is 14.6 Å². The molecule has 0 bridgehead atoms. The number of carboxylic acids is 1. The molecule has 4 rings (SSSR count). The highest BCUT2D eigenvalue weighted by atomic mass is 16.5. The minimum absolute atomic E-state index is 0.0259.